The van der Waals surface area contributed by atoms with Crippen molar-refractivity contribution >= 4 is 34.8 Å². The number of halogens is 3. The zero-order valence-corrected chi connectivity index (χ0v) is 3.98. The Morgan fingerprint density at radius 3 is 0.833 bits per heavy atom. The molecular weight excluding hydrogens is 142 g/mol. The Morgan fingerprint density at radius 1 is 0.833 bits per heavy atom. The summed E-state index contributed by atoms with van der Waals surface area (Å²) in [7, 11) is 0. The molecule has 42 valence electrons. The van der Waals surface area contributed by atoms with E-state index in [0.29, 0.717) is 0 Å². The van der Waals surface area contributed by atoms with Gasteiger partial charge < -0.3 is 0 Å². The Hall–Kier alpha value is 0.870. The smallest absolute Gasteiger partial charge is 0.0874 e. The predicted molar refractivity (Wildman–Crippen MR) is 34.8 cm³/mol. The summed E-state index contributed by atoms with van der Waals surface area (Å²) < 4.78 is -0.750. The van der Waals surface area contributed by atoms with Crippen molar-refractivity contribution < 1.29 is 0 Å². The summed E-state index contributed by atoms with van der Waals surface area (Å²) in [6, 6.07) is 0. The van der Waals surface area contributed by atoms with Crippen LogP contribution < -0.4 is 0 Å². The molecular formula is C3H9Cl3. The van der Waals surface area contributed by atoms with Crippen LogP contribution in [0.2, 0.25) is 0 Å². The van der Waals surface area contributed by atoms with E-state index in [9.17, 15) is 0 Å². The maximum atomic E-state index is 4.81. The lowest BCUT2D eigenvalue weighted by Crippen LogP contribution is -1.55. The topological polar surface area (TPSA) is 0 Å². The van der Waals surface area contributed by atoms with Crippen LogP contribution in [-0.4, -0.2) is 4.30 Å². The second kappa shape index (κ2) is 9.30. The molecule has 0 atom stereocenters. The van der Waals surface area contributed by atoms with E-state index >= 15 is 0 Å². The number of hydrogen-bond donors (Lipinski definition) is 0. The first-order valence-corrected chi connectivity index (χ1v) is 1.96. The molecule has 0 aliphatic carbocycles. The van der Waals surface area contributed by atoms with E-state index < -0.39 is 4.30 Å². The van der Waals surface area contributed by atoms with Crippen LogP contribution in [0, 0.1) is 0 Å². The van der Waals surface area contributed by atoms with Gasteiger partial charge in [0.2, 0.25) is 0 Å². The van der Waals surface area contributed by atoms with Gasteiger partial charge in [0.15, 0.2) is 4.30 Å². The molecule has 0 N–H and O–H groups in total. The molecule has 0 heterocycles. The molecule has 3 heteroatoms. The highest BCUT2D eigenvalue weighted by molar-refractivity contribution is 6.63. The summed E-state index contributed by atoms with van der Waals surface area (Å²) in [6.07, 6.45) is 0. The zero-order chi connectivity index (χ0) is 3.58. The van der Waals surface area contributed by atoms with Gasteiger partial charge in [0.1, 0.15) is 0 Å². The van der Waals surface area contributed by atoms with Crippen LogP contribution in [0.3, 0.4) is 0 Å². The zero-order valence-electron chi connectivity index (χ0n) is 1.71. The van der Waals surface area contributed by atoms with Crippen molar-refractivity contribution in [2.24, 2.45) is 0 Å². The molecule has 0 aromatic heterocycles. The van der Waals surface area contributed by atoms with Gasteiger partial charge in [-0.25, -0.2) is 0 Å². The fourth-order valence-corrected chi connectivity index (χ4v) is 0. The van der Waals surface area contributed by atoms with E-state index in [1.165, 1.54) is 0 Å². The van der Waals surface area contributed by atoms with Crippen molar-refractivity contribution in [3.8, 4) is 0 Å². The Kier molecular flexibility index (Phi) is 24.5. The van der Waals surface area contributed by atoms with E-state index in [1.54, 1.807) is 0 Å². The van der Waals surface area contributed by atoms with Crippen LogP contribution in [0.1, 0.15) is 14.9 Å². The Morgan fingerprint density at radius 2 is 0.833 bits per heavy atom. The maximum absolute atomic E-state index is 4.81. The molecule has 0 aliphatic heterocycles. The lowest BCUT2D eigenvalue weighted by Gasteiger charge is -1.69. The molecule has 0 saturated carbocycles. The van der Waals surface area contributed by atoms with Gasteiger partial charge in [0.25, 0.3) is 0 Å². The normalized spacial score (nSPS) is 6.00. The second-order valence-corrected chi connectivity index (χ2v) is 2.23. The van der Waals surface area contributed by atoms with E-state index in [4.69, 9.17) is 34.8 Å². The fraction of sp³-hybridized carbons (Fsp3) is 1.00. The lowest BCUT2D eigenvalue weighted by molar-refractivity contribution is 1.96. The minimum Gasteiger partial charge on any atom is -0.0874 e. The molecule has 0 spiro atoms. The van der Waals surface area contributed by atoms with Crippen molar-refractivity contribution in [3.63, 3.8) is 0 Å². The molecule has 6 heavy (non-hydrogen) atoms. The monoisotopic (exact) mass is 150 g/mol. The van der Waals surface area contributed by atoms with Gasteiger partial charge in [-0.05, 0) is 0 Å². The van der Waals surface area contributed by atoms with Crippen LogP contribution in [0.5, 0.6) is 0 Å². The molecule has 0 saturated heterocycles. The minimum atomic E-state index is -0.750. The van der Waals surface area contributed by atoms with Gasteiger partial charge in [0.05, 0.1) is 0 Å². The van der Waals surface area contributed by atoms with E-state index in [0.717, 1.165) is 0 Å². The third kappa shape index (κ3) is 96.4. The maximum Gasteiger partial charge on any atom is 0.180 e. The third-order valence-electron chi connectivity index (χ3n) is 0. The summed E-state index contributed by atoms with van der Waals surface area (Å²) in [5.74, 6) is 0. The average molecular weight is 151 g/mol. The highest BCUT2D eigenvalue weighted by atomic mass is 35.6. The van der Waals surface area contributed by atoms with Crippen LogP contribution in [-0.2, 0) is 0 Å². The summed E-state index contributed by atoms with van der Waals surface area (Å²) in [6.45, 7) is 0. The van der Waals surface area contributed by atoms with E-state index in [-0.39, 0.29) is 14.9 Å². The molecule has 0 rings (SSSR count). The number of hydrogen-bond acceptors (Lipinski definition) is 0. The number of rotatable bonds is 0. The lowest BCUT2D eigenvalue weighted by atomic mass is 11.9. The third-order valence-corrected chi connectivity index (χ3v) is 0. The van der Waals surface area contributed by atoms with Crippen molar-refractivity contribution in [2.75, 3.05) is 0 Å². The van der Waals surface area contributed by atoms with Gasteiger partial charge in [-0.15, -0.1) is 0 Å². The Bertz CT molecular complexity index is 10.8. The second-order valence-electron chi connectivity index (χ2n) is 0.247. The highest BCUT2D eigenvalue weighted by Gasteiger charge is 1.78. The molecule has 0 radical (unpaired) electrons. The SMILES string of the molecule is C.C.ClC(Cl)Cl. The highest BCUT2D eigenvalue weighted by Crippen LogP contribution is 2.03. The van der Waals surface area contributed by atoms with Crippen LogP contribution in [0.4, 0.5) is 0 Å². The predicted octanol–water partition coefficient (Wildman–Crippen LogP) is 3.26. The molecule has 0 nitrogen and oxygen atoms in total. The molecule has 0 aromatic carbocycles. The van der Waals surface area contributed by atoms with Crippen LogP contribution >= 0.6 is 34.8 Å². The summed E-state index contributed by atoms with van der Waals surface area (Å²) in [5, 5.41) is 0. The molecule has 0 aliphatic rings. The quantitative estimate of drug-likeness (QED) is 0.466. The molecule has 0 fully saturated rings. The van der Waals surface area contributed by atoms with E-state index in [1.807, 2.05) is 0 Å². The van der Waals surface area contributed by atoms with Crippen molar-refractivity contribution in [2.45, 2.75) is 19.1 Å². The summed E-state index contributed by atoms with van der Waals surface area (Å²) in [5.41, 5.74) is 0. The van der Waals surface area contributed by atoms with Gasteiger partial charge in [-0.2, -0.15) is 0 Å². The first-order valence-electron chi connectivity index (χ1n) is 0.655. The van der Waals surface area contributed by atoms with Gasteiger partial charge in [0, 0.05) is 0 Å². The fourth-order valence-electron chi connectivity index (χ4n) is 0. The van der Waals surface area contributed by atoms with E-state index in [2.05, 4.69) is 0 Å². The number of alkyl halides is 3. The summed E-state index contributed by atoms with van der Waals surface area (Å²) in [4.78, 5) is 0. The Labute approximate surface area is 54.4 Å². The first-order chi connectivity index (χ1) is 1.73. The average Bonchev–Trinajstić information content (AvgIpc) is 0.811. The van der Waals surface area contributed by atoms with Crippen LogP contribution in [0.15, 0.2) is 0 Å². The van der Waals surface area contributed by atoms with Gasteiger partial charge >= 0.3 is 0 Å². The summed E-state index contributed by atoms with van der Waals surface area (Å²) >= 11 is 14.4. The standard InChI is InChI=1S/CHCl3.2CH4/c2-1(3)4;;/h1H;2*1H4. The van der Waals surface area contributed by atoms with Crippen molar-refractivity contribution in [1.82, 2.24) is 0 Å². The van der Waals surface area contributed by atoms with Crippen molar-refractivity contribution in [3.05, 3.63) is 0 Å². The molecule has 0 bridgehead atoms. The van der Waals surface area contributed by atoms with Crippen LogP contribution in [0.25, 0.3) is 0 Å². The first kappa shape index (κ1) is 15.8. The van der Waals surface area contributed by atoms with Crippen molar-refractivity contribution in [1.29, 1.82) is 0 Å². The minimum absolute atomic E-state index is 0. The van der Waals surface area contributed by atoms with Gasteiger partial charge in [-0.1, -0.05) is 49.7 Å². The molecule has 0 amide bonds. The molecule has 0 unspecified atom stereocenters. The molecule has 0 aromatic rings. The largest absolute Gasteiger partial charge is 0.180 e. The van der Waals surface area contributed by atoms with Gasteiger partial charge in [-0.3, -0.25) is 0 Å². The Balaban J connectivity index is -0.0000000450.